The molecule has 0 saturated carbocycles. The van der Waals surface area contributed by atoms with Crippen molar-refractivity contribution in [2.75, 3.05) is 0 Å². The first kappa shape index (κ1) is 9.11. The van der Waals surface area contributed by atoms with Crippen molar-refractivity contribution < 1.29 is 0 Å². The Kier molecular flexibility index (Phi) is 2.99. The van der Waals surface area contributed by atoms with E-state index < -0.39 is 0 Å². The monoisotopic (exact) mass is 201 g/mol. The molecule has 0 saturated heterocycles. The summed E-state index contributed by atoms with van der Waals surface area (Å²) in [5.41, 5.74) is 1.26. The topological polar surface area (TPSA) is 0 Å². The van der Waals surface area contributed by atoms with E-state index in [0.29, 0.717) is 0 Å². The molecule has 0 aliphatic carbocycles. The smallest absolute Gasteiger partial charge is 0.0438 e. The number of rotatable bonds is 1. The third-order valence-electron chi connectivity index (χ3n) is 1.42. The second kappa shape index (κ2) is 3.61. The summed E-state index contributed by atoms with van der Waals surface area (Å²) in [6, 6.07) is 5.44. The Bertz CT molecular complexity index is 258. The second-order valence-corrected chi connectivity index (χ2v) is 4.10. The molecule has 3 heteroatoms. The molecule has 1 aromatic carbocycles. The molecule has 1 aromatic rings. The van der Waals surface area contributed by atoms with E-state index in [9.17, 15) is 0 Å². The van der Waals surface area contributed by atoms with Gasteiger partial charge in [0.1, 0.15) is 0 Å². The quantitative estimate of drug-likeness (QED) is 0.613. The summed E-state index contributed by atoms with van der Waals surface area (Å²) in [5, 5.41) is 1.46. The van der Waals surface area contributed by atoms with Crippen LogP contribution in [-0.2, 0) is 0 Å². The van der Waals surface area contributed by atoms with Gasteiger partial charge in [0.25, 0.3) is 0 Å². The minimum absolute atomic E-state index is 0.237. The number of halogens is 2. The van der Waals surface area contributed by atoms with E-state index in [-0.39, 0.29) is 5.54 Å². The van der Waals surface area contributed by atoms with Gasteiger partial charge < -0.3 is 0 Å². The predicted octanol–water partition coefficient (Wildman–Crippen LogP) is 3.22. The van der Waals surface area contributed by atoms with Gasteiger partial charge in [-0.3, -0.25) is 0 Å². The van der Waals surface area contributed by atoms with Gasteiger partial charge in [-0.05, 0) is 29.3 Å². The van der Waals surface area contributed by atoms with Gasteiger partial charge in [0.15, 0.2) is 0 Å². The Hall–Kier alpha value is 0.0169. The van der Waals surface area contributed by atoms with Crippen molar-refractivity contribution in [3.05, 3.63) is 33.8 Å². The Morgan fingerprint density at radius 2 is 2.00 bits per heavy atom. The van der Waals surface area contributed by atoms with Gasteiger partial charge >= 0.3 is 0 Å². The van der Waals surface area contributed by atoms with Crippen molar-refractivity contribution in [3.8, 4) is 0 Å². The van der Waals surface area contributed by atoms with Crippen LogP contribution >= 0.6 is 23.2 Å². The van der Waals surface area contributed by atoms with Gasteiger partial charge in [-0.2, -0.15) is 0 Å². The van der Waals surface area contributed by atoms with E-state index in [0.717, 1.165) is 15.6 Å². The lowest BCUT2D eigenvalue weighted by Crippen LogP contribution is -1.92. The van der Waals surface area contributed by atoms with E-state index in [1.165, 1.54) is 0 Å². The third kappa shape index (κ3) is 2.22. The maximum atomic E-state index is 5.90. The highest BCUT2D eigenvalue weighted by Crippen LogP contribution is 2.25. The lowest BCUT2D eigenvalue weighted by atomic mass is 10.2. The van der Waals surface area contributed by atoms with Crippen LogP contribution in [-0.4, -0.2) is 10.2 Å². The van der Waals surface area contributed by atoms with E-state index in [2.05, 4.69) is 10.2 Å². The molecule has 0 N–H and O–H groups in total. The Morgan fingerprint density at radius 1 is 1.36 bits per heavy atom. The highest BCUT2D eigenvalue weighted by Gasteiger charge is 2.04. The first-order valence-electron chi connectivity index (χ1n) is 3.27. The second-order valence-electron chi connectivity index (χ2n) is 2.39. The van der Waals surface area contributed by atoms with Crippen LogP contribution in [0.1, 0.15) is 18.0 Å². The molecule has 1 atom stereocenters. The fraction of sp³-hybridized carbons (Fsp3) is 0.250. The normalized spacial score (nSPS) is 13.1. The van der Waals surface area contributed by atoms with Crippen molar-refractivity contribution >= 4 is 33.4 Å². The maximum Gasteiger partial charge on any atom is 0.0438 e. The Labute approximate surface area is 79.9 Å². The van der Waals surface area contributed by atoms with Gasteiger partial charge in [-0.1, -0.05) is 30.1 Å². The summed E-state index contributed by atoms with van der Waals surface area (Å²) < 4.78 is 0. The van der Waals surface area contributed by atoms with Crippen molar-refractivity contribution in [3.63, 3.8) is 0 Å². The highest BCUT2D eigenvalue weighted by molar-refractivity contribution is 6.34. The minimum atomic E-state index is 0.237. The summed E-state index contributed by atoms with van der Waals surface area (Å²) in [6.07, 6.45) is 0. The summed E-state index contributed by atoms with van der Waals surface area (Å²) >= 11 is 11.7. The fourth-order valence-corrected chi connectivity index (χ4v) is 1.64. The summed E-state index contributed by atoms with van der Waals surface area (Å²) in [4.78, 5) is 0. The molecule has 0 bridgehead atoms. The van der Waals surface area contributed by atoms with Gasteiger partial charge in [-0.25, -0.2) is 0 Å². The van der Waals surface area contributed by atoms with Gasteiger partial charge in [0.2, 0.25) is 0 Å². The van der Waals surface area contributed by atoms with Gasteiger partial charge in [0, 0.05) is 20.3 Å². The average molecular weight is 202 g/mol. The Balaban J connectivity index is 3.13. The van der Waals surface area contributed by atoms with Crippen LogP contribution in [0.2, 0.25) is 10.0 Å². The van der Waals surface area contributed by atoms with Gasteiger partial charge in [0.05, 0.1) is 0 Å². The van der Waals surface area contributed by atoms with Crippen LogP contribution in [0.4, 0.5) is 0 Å². The number of hydrogen-bond donors (Lipinski definition) is 0. The standard InChI is InChI=1S/C8H7Cl2Si/c1-5(11)7-4-6(9)2-3-8(7)10/h2-5H,1H3. The van der Waals surface area contributed by atoms with Gasteiger partial charge in [-0.15, -0.1) is 0 Å². The molecule has 11 heavy (non-hydrogen) atoms. The zero-order valence-electron chi connectivity index (χ0n) is 6.07. The molecule has 0 fully saturated rings. The summed E-state index contributed by atoms with van der Waals surface area (Å²) in [6.45, 7) is 2.01. The molecule has 1 unspecified atom stereocenters. The van der Waals surface area contributed by atoms with Crippen molar-refractivity contribution in [1.82, 2.24) is 0 Å². The molecule has 1 rings (SSSR count). The van der Waals surface area contributed by atoms with E-state index in [1.54, 1.807) is 12.1 Å². The number of hydrogen-bond acceptors (Lipinski definition) is 0. The van der Waals surface area contributed by atoms with E-state index in [1.807, 2.05) is 13.0 Å². The molecule has 0 heterocycles. The van der Waals surface area contributed by atoms with Crippen LogP contribution < -0.4 is 0 Å². The molecule has 0 amide bonds. The van der Waals surface area contributed by atoms with Crippen LogP contribution in [0, 0.1) is 0 Å². The molecule has 3 radical (unpaired) electrons. The summed E-state index contributed by atoms with van der Waals surface area (Å²) in [5.74, 6) is 0. The molecular formula is C8H7Cl2Si. The first-order valence-corrected chi connectivity index (χ1v) is 4.60. The minimum Gasteiger partial charge on any atom is -0.0843 e. The van der Waals surface area contributed by atoms with Crippen LogP contribution in [0.15, 0.2) is 18.2 Å². The predicted molar refractivity (Wildman–Crippen MR) is 50.6 cm³/mol. The van der Waals surface area contributed by atoms with Crippen LogP contribution in [0.3, 0.4) is 0 Å². The highest BCUT2D eigenvalue weighted by atomic mass is 35.5. The fourth-order valence-electron chi connectivity index (χ4n) is 0.846. The molecule has 0 aliphatic heterocycles. The zero-order chi connectivity index (χ0) is 8.43. The largest absolute Gasteiger partial charge is 0.0843 e. The lowest BCUT2D eigenvalue weighted by molar-refractivity contribution is 1.08. The number of benzene rings is 1. The van der Waals surface area contributed by atoms with Crippen molar-refractivity contribution in [2.45, 2.75) is 12.5 Å². The summed E-state index contributed by atoms with van der Waals surface area (Å²) in [7, 11) is 3.47. The van der Waals surface area contributed by atoms with Crippen molar-refractivity contribution in [1.29, 1.82) is 0 Å². The van der Waals surface area contributed by atoms with Crippen LogP contribution in [0.25, 0.3) is 0 Å². The van der Waals surface area contributed by atoms with Crippen molar-refractivity contribution in [2.24, 2.45) is 0 Å². The van der Waals surface area contributed by atoms with E-state index in [4.69, 9.17) is 23.2 Å². The zero-order valence-corrected chi connectivity index (χ0v) is 8.58. The molecule has 0 aliphatic rings. The molecule has 0 aromatic heterocycles. The lowest BCUT2D eigenvalue weighted by Gasteiger charge is -2.07. The van der Waals surface area contributed by atoms with E-state index >= 15 is 0 Å². The average Bonchev–Trinajstić information content (AvgIpc) is 1.94. The molecule has 0 spiro atoms. The molecule has 0 nitrogen and oxygen atoms in total. The molecule has 57 valence electrons. The SMILES string of the molecule is CC([Si])c1cc(Cl)ccc1Cl. The maximum absolute atomic E-state index is 5.90. The first-order chi connectivity index (χ1) is 5.11. The Morgan fingerprint density at radius 3 is 2.45 bits per heavy atom. The van der Waals surface area contributed by atoms with Crippen LogP contribution in [0.5, 0.6) is 0 Å². The molecular weight excluding hydrogens is 195 g/mol. The third-order valence-corrected chi connectivity index (χ3v) is 2.31.